The molecule has 1 saturated carbocycles. The molecule has 2 aliphatic rings. The van der Waals surface area contributed by atoms with Crippen molar-refractivity contribution in [3.63, 3.8) is 0 Å². The minimum atomic E-state index is 0.850. The fraction of sp³-hybridized carbons (Fsp3) is 0.647. The Morgan fingerprint density at radius 3 is 2.47 bits per heavy atom. The van der Waals surface area contributed by atoms with Crippen LogP contribution in [0.5, 0.6) is 0 Å². The standard InChI is InChI=1S/C17H26/c1-2-4-6-8-12-16-14-10-11-15-17(16)13-9-7-5-3-1/h4-8,12,16-17H,1-3,9-11,13-15H2/b6-4+,7-5-,12-8+. The summed E-state index contributed by atoms with van der Waals surface area (Å²) in [6, 6.07) is 0. The average Bonchev–Trinajstić information content (AvgIpc) is 2.38. The lowest BCUT2D eigenvalue weighted by atomic mass is 9.77. The van der Waals surface area contributed by atoms with Crippen LogP contribution in [0.3, 0.4) is 0 Å². The monoisotopic (exact) mass is 230 g/mol. The third-order valence-electron chi connectivity index (χ3n) is 4.19. The molecule has 0 spiro atoms. The summed E-state index contributed by atoms with van der Waals surface area (Å²) in [5.74, 6) is 1.79. The van der Waals surface area contributed by atoms with Crippen LogP contribution in [0.1, 0.15) is 57.8 Å². The lowest BCUT2D eigenvalue weighted by Crippen LogP contribution is -2.17. The van der Waals surface area contributed by atoms with Gasteiger partial charge in [0.1, 0.15) is 0 Å². The van der Waals surface area contributed by atoms with Crippen LogP contribution in [0.4, 0.5) is 0 Å². The number of allylic oxidation sites excluding steroid dienone is 6. The molecule has 0 radical (unpaired) electrons. The van der Waals surface area contributed by atoms with E-state index in [0.717, 1.165) is 11.8 Å². The van der Waals surface area contributed by atoms with Crippen LogP contribution in [0, 0.1) is 11.8 Å². The molecule has 0 nitrogen and oxygen atoms in total. The van der Waals surface area contributed by atoms with Gasteiger partial charge in [0.25, 0.3) is 0 Å². The first-order valence-corrected chi connectivity index (χ1v) is 7.45. The van der Waals surface area contributed by atoms with Crippen molar-refractivity contribution in [1.29, 1.82) is 0 Å². The fourth-order valence-corrected chi connectivity index (χ4v) is 3.13. The molecule has 0 saturated heterocycles. The van der Waals surface area contributed by atoms with Crippen molar-refractivity contribution < 1.29 is 0 Å². The Kier molecular flexibility index (Phi) is 5.61. The van der Waals surface area contributed by atoms with Crippen LogP contribution in [0.25, 0.3) is 0 Å². The largest absolute Gasteiger partial charge is 0.0885 e. The summed E-state index contributed by atoms with van der Waals surface area (Å²) in [4.78, 5) is 0. The van der Waals surface area contributed by atoms with Crippen LogP contribution in [-0.2, 0) is 0 Å². The smallest absolute Gasteiger partial charge is 0.0202 e. The maximum absolute atomic E-state index is 2.47. The number of rotatable bonds is 0. The van der Waals surface area contributed by atoms with Crippen molar-refractivity contribution in [3.05, 3.63) is 36.5 Å². The molecule has 0 aromatic carbocycles. The normalized spacial score (nSPS) is 36.7. The van der Waals surface area contributed by atoms with Gasteiger partial charge in [-0.3, -0.25) is 0 Å². The number of hydrogen-bond donors (Lipinski definition) is 0. The van der Waals surface area contributed by atoms with Crippen LogP contribution >= 0.6 is 0 Å². The van der Waals surface area contributed by atoms with Gasteiger partial charge in [-0.05, 0) is 56.8 Å². The van der Waals surface area contributed by atoms with Crippen LogP contribution in [-0.4, -0.2) is 0 Å². The number of hydrogen-bond acceptors (Lipinski definition) is 0. The van der Waals surface area contributed by atoms with E-state index in [9.17, 15) is 0 Å². The van der Waals surface area contributed by atoms with E-state index in [1.54, 1.807) is 0 Å². The minimum Gasteiger partial charge on any atom is -0.0885 e. The van der Waals surface area contributed by atoms with Gasteiger partial charge >= 0.3 is 0 Å². The zero-order chi connectivity index (χ0) is 11.8. The van der Waals surface area contributed by atoms with Gasteiger partial charge in [0.15, 0.2) is 0 Å². The molecule has 2 unspecified atom stereocenters. The van der Waals surface area contributed by atoms with Crippen molar-refractivity contribution in [3.8, 4) is 0 Å². The van der Waals surface area contributed by atoms with E-state index in [2.05, 4.69) is 36.5 Å². The zero-order valence-electron chi connectivity index (χ0n) is 11.0. The Bertz CT molecular complexity index is 282. The molecule has 1 fully saturated rings. The summed E-state index contributed by atoms with van der Waals surface area (Å²) in [6.45, 7) is 0. The predicted octanol–water partition coefficient (Wildman–Crippen LogP) is 5.43. The summed E-state index contributed by atoms with van der Waals surface area (Å²) in [6.07, 6.45) is 26.4. The van der Waals surface area contributed by atoms with E-state index in [4.69, 9.17) is 0 Å². The average molecular weight is 230 g/mol. The van der Waals surface area contributed by atoms with E-state index in [-0.39, 0.29) is 0 Å². The van der Waals surface area contributed by atoms with Gasteiger partial charge in [0.05, 0.1) is 0 Å². The zero-order valence-corrected chi connectivity index (χ0v) is 11.0. The second-order valence-electron chi connectivity index (χ2n) is 5.50. The Balaban J connectivity index is 1.97. The summed E-state index contributed by atoms with van der Waals surface area (Å²) in [5, 5.41) is 0. The summed E-state index contributed by atoms with van der Waals surface area (Å²) < 4.78 is 0. The molecule has 0 aromatic heterocycles. The molecular formula is C17H26. The van der Waals surface area contributed by atoms with Gasteiger partial charge in [-0.15, -0.1) is 0 Å². The highest BCUT2D eigenvalue weighted by Crippen LogP contribution is 2.34. The minimum absolute atomic E-state index is 0.850. The van der Waals surface area contributed by atoms with Crippen molar-refractivity contribution in [2.75, 3.05) is 0 Å². The van der Waals surface area contributed by atoms with Crippen LogP contribution in [0.15, 0.2) is 36.5 Å². The first-order chi connectivity index (χ1) is 8.47. The third-order valence-corrected chi connectivity index (χ3v) is 4.19. The van der Waals surface area contributed by atoms with Gasteiger partial charge in [0.2, 0.25) is 0 Å². The Labute approximate surface area is 106 Å². The third kappa shape index (κ3) is 4.53. The highest BCUT2D eigenvalue weighted by molar-refractivity contribution is 5.06. The van der Waals surface area contributed by atoms with E-state index < -0.39 is 0 Å². The second-order valence-corrected chi connectivity index (χ2v) is 5.50. The second kappa shape index (κ2) is 7.53. The molecule has 0 bridgehead atoms. The molecule has 0 N–H and O–H groups in total. The maximum Gasteiger partial charge on any atom is -0.0202 e. The molecule has 0 aromatic rings. The van der Waals surface area contributed by atoms with Crippen molar-refractivity contribution in [2.45, 2.75) is 57.8 Å². The summed E-state index contributed by atoms with van der Waals surface area (Å²) in [5.41, 5.74) is 0. The predicted molar refractivity (Wildman–Crippen MR) is 76.0 cm³/mol. The lowest BCUT2D eigenvalue weighted by molar-refractivity contribution is 0.270. The SMILES string of the molecule is C1=C\CCC2CCCCC2/C=C/C=C/CCC/1. The van der Waals surface area contributed by atoms with Gasteiger partial charge < -0.3 is 0 Å². The summed E-state index contributed by atoms with van der Waals surface area (Å²) >= 11 is 0. The quantitative estimate of drug-likeness (QED) is 0.487. The fourth-order valence-electron chi connectivity index (χ4n) is 3.13. The van der Waals surface area contributed by atoms with Gasteiger partial charge in [-0.2, -0.15) is 0 Å². The molecule has 17 heavy (non-hydrogen) atoms. The van der Waals surface area contributed by atoms with Crippen LogP contribution < -0.4 is 0 Å². The first kappa shape index (κ1) is 12.7. The Morgan fingerprint density at radius 2 is 1.47 bits per heavy atom. The van der Waals surface area contributed by atoms with Crippen molar-refractivity contribution >= 4 is 0 Å². The van der Waals surface area contributed by atoms with E-state index in [0.29, 0.717) is 0 Å². The Morgan fingerprint density at radius 1 is 0.647 bits per heavy atom. The maximum atomic E-state index is 2.47. The van der Waals surface area contributed by atoms with Gasteiger partial charge in [-0.1, -0.05) is 49.3 Å². The highest BCUT2D eigenvalue weighted by Gasteiger charge is 2.21. The molecule has 0 aliphatic heterocycles. The number of fused-ring (bicyclic) bond motifs is 1. The van der Waals surface area contributed by atoms with Crippen LogP contribution in [0.2, 0.25) is 0 Å². The molecule has 2 aliphatic carbocycles. The van der Waals surface area contributed by atoms with E-state index in [1.807, 2.05) is 0 Å². The Hall–Kier alpha value is -0.780. The molecule has 0 heteroatoms. The summed E-state index contributed by atoms with van der Waals surface area (Å²) in [7, 11) is 0. The van der Waals surface area contributed by atoms with E-state index in [1.165, 1.54) is 57.8 Å². The van der Waals surface area contributed by atoms with E-state index >= 15 is 0 Å². The topological polar surface area (TPSA) is 0 Å². The van der Waals surface area contributed by atoms with Crippen molar-refractivity contribution in [2.24, 2.45) is 11.8 Å². The molecular weight excluding hydrogens is 204 g/mol. The lowest BCUT2D eigenvalue weighted by Gasteiger charge is -2.29. The highest BCUT2D eigenvalue weighted by atomic mass is 14.3. The van der Waals surface area contributed by atoms with Gasteiger partial charge in [0, 0.05) is 0 Å². The first-order valence-electron chi connectivity index (χ1n) is 7.45. The van der Waals surface area contributed by atoms with Gasteiger partial charge in [-0.25, -0.2) is 0 Å². The molecule has 2 atom stereocenters. The molecule has 2 rings (SSSR count). The molecule has 0 amide bonds. The molecule has 94 valence electrons. The van der Waals surface area contributed by atoms with Crippen molar-refractivity contribution in [1.82, 2.24) is 0 Å². The molecule has 0 heterocycles.